The molecule has 10 heteroatoms. The molecule has 0 aliphatic rings. The highest BCUT2D eigenvalue weighted by molar-refractivity contribution is 5.78. The molecule has 0 aliphatic carbocycles. The number of esters is 2. The lowest BCUT2D eigenvalue weighted by atomic mass is 10.2. The molecule has 2 heterocycles. The number of nitrogens with zero attached hydrogens (tertiary/aromatic N) is 4. The van der Waals surface area contributed by atoms with Gasteiger partial charge < -0.3 is 14.0 Å². The van der Waals surface area contributed by atoms with Crippen molar-refractivity contribution < 1.29 is 19.1 Å². The maximum absolute atomic E-state index is 13.1. The van der Waals surface area contributed by atoms with Crippen molar-refractivity contribution >= 4 is 35.3 Å². The molecule has 0 saturated heterocycles. The third-order valence-corrected chi connectivity index (χ3v) is 5.02. The number of hydrogen-bond donors (Lipinski definition) is 0. The topological polar surface area (TPSA) is 114 Å². The van der Waals surface area contributed by atoms with Gasteiger partial charge in [0.25, 0.3) is 5.56 Å². The van der Waals surface area contributed by atoms with Gasteiger partial charge in [0.1, 0.15) is 17.3 Å². The zero-order valence-corrected chi connectivity index (χ0v) is 20.0. The number of hydrogen-bond acceptors (Lipinski definition) is 7. The molecule has 10 nitrogen and oxygen atoms in total. The summed E-state index contributed by atoms with van der Waals surface area (Å²) in [5, 5.41) is 0. The SMILES string of the molecule is CCCn1c(=O)c2c(nc(C=Cc3cc(OC(C)=O)cc(OC(C)=O)c3)n2C)n(CCC)c1=O. The largest absolute Gasteiger partial charge is 0.427 e. The number of fused-ring (bicyclic) bond motifs is 1. The first-order chi connectivity index (χ1) is 16.2. The van der Waals surface area contributed by atoms with Gasteiger partial charge in [0, 0.05) is 40.1 Å². The van der Waals surface area contributed by atoms with Gasteiger partial charge in [-0.1, -0.05) is 19.9 Å². The number of aromatic nitrogens is 4. The molecule has 0 radical (unpaired) electrons. The Kier molecular flexibility index (Phi) is 7.50. The van der Waals surface area contributed by atoms with Crippen LogP contribution in [0.25, 0.3) is 23.3 Å². The predicted molar refractivity (Wildman–Crippen MR) is 128 cm³/mol. The van der Waals surface area contributed by atoms with Crippen molar-refractivity contribution in [1.82, 2.24) is 18.7 Å². The third kappa shape index (κ3) is 5.16. The summed E-state index contributed by atoms with van der Waals surface area (Å²) in [6, 6.07) is 4.65. The average molecular weight is 469 g/mol. The van der Waals surface area contributed by atoms with Crippen molar-refractivity contribution in [1.29, 1.82) is 0 Å². The first kappa shape index (κ1) is 24.7. The molecule has 34 heavy (non-hydrogen) atoms. The molecule has 1 aromatic carbocycles. The minimum Gasteiger partial charge on any atom is -0.427 e. The van der Waals surface area contributed by atoms with Gasteiger partial charge in [0.05, 0.1) is 0 Å². The van der Waals surface area contributed by atoms with Crippen LogP contribution in [-0.2, 0) is 29.7 Å². The zero-order chi connectivity index (χ0) is 25.0. The van der Waals surface area contributed by atoms with E-state index >= 15 is 0 Å². The molecule has 0 atom stereocenters. The number of ether oxygens (including phenoxy) is 2. The maximum atomic E-state index is 13.1. The van der Waals surface area contributed by atoms with Crippen molar-refractivity contribution in [2.75, 3.05) is 0 Å². The predicted octanol–water partition coefficient (Wildman–Crippen LogP) is 2.74. The van der Waals surface area contributed by atoms with E-state index in [1.165, 1.54) is 29.0 Å². The van der Waals surface area contributed by atoms with E-state index in [-0.39, 0.29) is 22.7 Å². The summed E-state index contributed by atoms with van der Waals surface area (Å²) in [4.78, 5) is 53.3. The molecule has 0 bridgehead atoms. The molecule has 180 valence electrons. The molecule has 0 amide bonds. The number of benzene rings is 1. The lowest BCUT2D eigenvalue weighted by molar-refractivity contribution is -0.132. The minimum atomic E-state index is -0.512. The summed E-state index contributed by atoms with van der Waals surface area (Å²) in [5.74, 6) is -0.132. The number of carbonyl (C=O) groups is 2. The Morgan fingerprint density at radius 2 is 1.47 bits per heavy atom. The van der Waals surface area contributed by atoms with Crippen LogP contribution in [0.5, 0.6) is 11.5 Å². The normalized spacial score (nSPS) is 11.3. The summed E-state index contributed by atoms with van der Waals surface area (Å²) in [6.07, 6.45) is 4.73. The number of aryl methyl sites for hydroxylation is 2. The summed E-state index contributed by atoms with van der Waals surface area (Å²) in [7, 11) is 1.72. The molecular weight excluding hydrogens is 440 g/mol. The van der Waals surface area contributed by atoms with E-state index in [1.54, 1.807) is 35.9 Å². The van der Waals surface area contributed by atoms with Crippen LogP contribution in [-0.4, -0.2) is 30.6 Å². The standard InChI is InChI=1S/C24H28N4O6/c1-6-10-27-22-21(23(31)28(11-7-2)24(27)32)26(5)20(25-22)9-8-17-12-18(33-15(3)29)14-19(13-17)34-16(4)30/h8-9,12-14H,6-7,10-11H2,1-5H3. The van der Waals surface area contributed by atoms with Crippen LogP contribution < -0.4 is 20.7 Å². The minimum absolute atomic E-state index is 0.218. The van der Waals surface area contributed by atoms with E-state index in [4.69, 9.17) is 9.47 Å². The van der Waals surface area contributed by atoms with Gasteiger partial charge in [0.2, 0.25) is 0 Å². The van der Waals surface area contributed by atoms with Crippen LogP contribution in [0, 0.1) is 0 Å². The molecule has 3 rings (SSSR count). The average Bonchev–Trinajstić information content (AvgIpc) is 3.08. The van der Waals surface area contributed by atoms with Gasteiger partial charge in [-0.3, -0.25) is 23.5 Å². The van der Waals surface area contributed by atoms with Gasteiger partial charge in [-0.2, -0.15) is 0 Å². The van der Waals surface area contributed by atoms with Gasteiger partial charge in [-0.05, 0) is 36.6 Å². The molecule has 3 aromatic rings. The highest BCUT2D eigenvalue weighted by Gasteiger charge is 2.18. The fraction of sp³-hybridized carbons (Fsp3) is 0.375. The molecule has 0 N–H and O–H groups in total. The second-order valence-electron chi connectivity index (χ2n) is 7.85. The van der Waals surface area contributed by atoms with Gasteiger partial charge in [0.15, 0.2) is 11.2 Å². The molecule has 0 unspecified atom stereocenters. The van der Waals surface area contributed by atoms with E-state index in [0.29, 0.717) is 48.5 Å². The van der Waals surface area contributed by atoms with E-state index in [0.717, 1.165) is 0 Å². The number of rotatable bonds is 8. The lowest BCUT2D eigenvalue weighted by Crippen LogP contribution is -2.40. The van der Waals surface area contributed by atoms with E-state index in [1.807, 2.05) is 13.8 Å². The fourth-order valence-electron chi connectivity index (χ4n) is 3.68. The summed E-state index contributed by atoms with van der Waals surface area (Å²) >= 11 is 0. The fourth-order valence-corrected chi connectivity index (χ4v) is 3.68. The van der Waals surface area contributed by atoms with Crippen molar-refractivity contribution in [2.24, 2.45) is 7.05 Å². The monoisotopic (exact) mass is 468 g/mol. The van der Waals surface area contributed by atoms with E-state index in [2.05, 4.69) is 4.98 Å². The molecule has 0 saturated carbocycles. The van der Waals surface area contributed by atoms with Gasteiger partial charge in [-0.15, -0.1) is 0 Å². The van der Waals surface area contributed by atoms with Crippen LogP contribution in [0.1, 0.15) is 51.9 Å². The first-order valence-corrected chi connectivity index (χ1v) is 11.1. The second kappa shape index (κ2) is 10.3. The molecule has 0 spiro atoms. The van der Waals surface area contributed by atoms with Crippen molar-refractivity contribution in [3.63, 3.8) is 0 Å². The van der Waals surface area contributed by atoms with Gasteiger partial charge >= 0.3 is 17.6 Å². The Hall–Kier alpha value is -3.95. The van der Waals surface area contributed by atoms with Crippen molar-refractivity contribution in [2.45, 2.75) is 53.6 Å². The van der Waals surface area contributed by atoms with Crippen molar-refractivity contribution in [3.8, 4) is 11.5 Å². The summed E-state index contributed by atoms with van der Waals surface area (Å²) in [5.41, 5.74) is 0.514. The molecule has 0 aliphatic heterocycles. The van der Waals surface area contributed by atoms with Gasteiger partial charge in [-0.25, -0.2) is 9.78 Å². The van der Waals surface area contributed by atoms with Crippen LogP contribution >= 0.6 is 0 Å². The lowest BCUT2D eigenvalue weighted by Gasteiger charge is -2.10. The highest BCUT2D eigenvalue weighted by Crippen LogP contribution is 2.25. The number of carbonyl (C=O) groups excluding carboxylic acids is 2. The Bertz CT molecular complexity index is 1360. The quantitative estimate of drug-likeness (QED) is 0.369. The molecule has 0 fully saturated rings. The summed E-state index contributed by atoms with van der Waals surface area (Å²) < 4.78 is 14.7. The Morgan fingerprint density at radius 1 is 0.912 bits per heavy atom. The molecule has 2 aromatic heterocycles. The third-order valence-electron chi connectivity index (χ3n) is 5.02. The number of imidazole rings is 1. The Balaban J connectivity index is 2.13. The van der Waals surface area contributed by atoms with Crippen LogP contribution in [0.2, 0.25) is 0 Å². The van der Waals surface area contributed by atoms with Crippen molar-refractivity contribution in [3.05, 3.63) is 50.4 Å². The maximum Gasteiger partial charge on any atom is 0.332 e. The zero-order valence-electron chi connectivity index (χ0n) is 20.0. The molecular formula is C24H28N4O6. The van der Waals surface area contributed by atoms with Crippen LogP contribution in [0.3, 0.4) is 0 Å². The Labute approximate surface area is 196 Å². The Morgan fingerprint density at radius 3 is 2.00 bits per heavy atom. The second-order valence-corrected chi connectivity index (χ2v) is 7.85. The summed E-state index contributed by atoms with van der Waals surface area (Å²) in [6.45, 7) is 7.17. The smallest absolute Gasteiger partial charge is 0.332 e. The van der Waals surface area contributed by atoms with E-state index in [9.17, 15) is 19.2 Å². The van der Waals surface area contributed by atoms with Crippen LogP contribution in [0.15, 0.2) is 27.8 Å². The first-order valence-electron chi connectivity index (χ1n) is 11.1. The van der Waals surface area contributed by atoms with E-state index < -0.39 is 11.9 Å². The highest BCUT2D eigenvalue weighted by atomic mass is 16.5. The van der Waals surface area contributed by atoms with Crippen LogP contribution in [0.4, 0.5) is 0 Å².